The van der Waals surface area contributed by atoms with E-state index in [4.69, 9.17) is 15.2 Å². The standard InChI is InChI=1S/C20H15BrN4O8/c1-32-15-7-10(6-14(21)17(15)33-9-16(22)26)5-13-18(27)23-20(29)24(19(13)28)11-3-2-4-12(8-11)25(30)31/h2-8H,9H2,1H3,(H2,22,26)(H,23,27,29)/b13-5+. The number of hydrogen-bond acceptors (Lipinski definition) is 8. The fraction of sp³-hybridized carbons (Fsp3) is 0.100. The molecule has 0 aliphatic carbocycles. The molecular weight excluding hydrogens is 504 g/mol. The van der Waals surface area contributed by atoms with E-state index >= 15 is 0 Å². The van der Waals surface area contributed by atoms with E-state index in [9.17, 15) is 29.3 Å². The van der Waals surface area contributed by atoms with Gasteiger partial charge in [-0.1, -0.05) is 6.07 Å². The number of nitro benzene ring substituents is 1. The third-order valence-electron chi connectivity index (χ3n) is 4.32. The lowest BCUT2D eigenvalue weighted by atomic mass is 10.1. The lowest BCUT2D eigenvalue weighted by Gasteiger charge is -2.26. The van der Waals surface area contributed by atoms with Gasteiger partial charge >= 0.3 is 6.03 Å². The zero-order valence-electron chi connectivity index (χ0n) is 16.9. The van der Waals surface area contributed by atoms with Crippen LogP contribution in [0.1, 0.15) is 5.56 Å². The molecule has 0 spiro atoms. The van der Waals surface area contributed by atoms with E-state index in [-0.39, 0.29) is 22.9 Å². The predicted octanol–water partition coefficient (Wildman–Crippen LogP) is 1.90. The Bertz CT molecular complexity index is 1230. The monoisotopic (exact) mass is 518 g/mol. The summed E-state index contributed by atoms with van der Waals surface area (Å²) < 4.78 is 10.9. The van der Waals surface area contributed by atoms with Crippen molar-refractivity contribution in [3.63, 3.8) is 0 Å². The maximum absolute atomic E-state index is 13.0. The number of nitrogens with one attached hydrogen (secondary N) is 1. The Morgan fingerprint density at radius 2 is 2.00 bits per heavy atom. The van der Waals surface area contributed by atoms with E-state index in [0.29, 0.717) is 14.9 Å². The van der Waals surface area contributed by atoms with Crippen molar-refractivity contribution in [2.45, 2.75) is 0 Å². The molecule has 5 amide bonds. The number of rotatable bonds is 7. The van der Waals surface area contributed by atoms with Gasteiger partial charge in [0.05, 0.1) is 22.2 Å². The zero-order valence-corrected chi connectivity index (χ0v) is 18.5. The first-order chi connectivity index (χ1) is 15.6. The number of carbonyl (C=O) groups is 4. The summed E-state index contributed by atoms with van der Waals surface area (Å²) in [5.74, 6) is -2.28. The van der Waals surface area contributed by atoms with Crippen LogP contribution in [0.15, 0.2) is 46.4 Å². The highest BCUT2D eigenvalue weighted by molar-refractivity contribution is 9.10. The third kappa shape index (κ3) is 4.98. The number of non-ortho nitro benzene ring substituents is 1. The van der Waals surface area contributed by atoms with Crippen molar-refractivity contribution in [2.75, 3.05) is 18.6 Å². The molecule has 3 N–H and O–H groups in total. The highest BCUT2D eigenvalue weighted by Crippen LogP contribution is 2.37. The van der Waals surface area contributed by atoms with E-state index in [1.807, 2.05) is 5.32 Å². The zero-order chi connectivity index (χ0) is 24.3. The molecule has 3 rings (SSSR count). The van der Waals surface area contributed by atoms with Crippen LogP contribution in [0.25, 0.3) is 6.08 Å². The molecule has 12 nitrogen and oxygen atoms in total. The molecule has 1 fully saturated rings. The molecule has 0 radical (unpaired) electrons. The van der Waals surface area contributed by atoms with E-state index in [1.54, 1.807) is 0 Å². The van der Waals surface area contributed by atoms with Crippen LogP contribution >= 0.6 is 15.9 Å². The number of carbonyl (C=O) groups excluding carboxylic acids is 4. The fourth-order valence-corrected chi connectivity index (χ4v) is 3.48. The molecule has 0 aromatic heterocycles. The van der Waals surface area contributed by atoms with Gasteiger partial charge in [0.25, 0.3) is 23.4 Å². The van der Waals surface area contributed by atoms with Crippen LogP contribution in [-0.4, -0.2) is 42.4 Å². The quantitative estimate of drug-likeness (QED) is 0.242. The van der Waals surface area contributed by atoms with Crippen LogP contribution in [0.4, 0.5) is 16.2 Å². The average Bonchev–Trinajstić information content (AvgIpc) is 2.75. The fourth-order valence-electron chi connectivity index (χ4n) is 2.91. The molecule has 1 aliphatic heterocycles. The minimum atomic E-state index is -1.04. The molecular formula is C20H15BrN4O8. The first kappa shape index (κ1) is 23.4. The molecule has 1 saturated heterocycles. The molecule has 0 saturated carbocycles. The summed E-state index contributed by atoms with van der Waals surface area (Å²) in [5, 5.41) is 13.1. The Morgan fingerprint density at radius 1 is 1.27 bits per heavy atom. The number of nitrogens with two attached hydrogens (primary N) is 1. The maximum Gasteiger partial charge on any atom is 0.335 e. The van der Waals surface area contributed by atoms with Gasteiger partial charge in [-0.25, -0.2) is 9.69 Å². The van der Waals surface area contributed by atoms with Crippen molar-refractivity contribution < 1.29 is 33.6 Å². The van der Waals surface area contributed by atoms with Crippen molar-refractivity contribution in [3.8, 4) is 11.5 Å². The largest absolute Gasteiger partial charge is 0.493 e. The van der Waals surface area contributed by atoms with E-state index < -0.39 is 40.9 Å². The van der Waals surface area contributed by atoms with Crippen molar-refractivity contribution in [1.82, 2.24) is 5.32 Å². The number of primary amides is 1. The van der Waals surface area contributed by atoms with Gasteiger partial charge in [-0.3, -0.25) is 29.8 Å². The molecule has 1 heterocycles. The minimum absolute atomic E-state index is 0.0842. The highest BCUT2D eigenvalue weighted by Gasteiger charge is 2.37. The van der Waals surface area contributed by atoms with Gasteiger partial charge in [0.2, 0.25) is 0 Å². The number of ether oxygens (including phenoxy) is 2. The summed E-state index contributed by atoms with van der Waals surface area (Å²) in [5.41, 5.74) is 4.58. The number of barbiturate groups is 1. The number of amides is 5. The molecule has 2 aromatic carbocycles. The number of nitro groups is 1. The van der Waals surface area contributed by atoms with Gasteiger partial charge < -0.3 is 15.2 Å². The SMILES string of the molecule is COc1cc(/C=C2\C(=O)NC(=O)N(c3cccc([N+](=O)[O-])c3)C2=O)cc(Br)c1OCC(N)=O. The number of anilines is 1. The summed E-state index contributed by atoms with van der Waals surface area (Å²) in [6, 6.07) is 6.74. The Kier molecular flexibility index (Phi) is 6.72. The third-order valence-corrected chi connectivity index (χ3v) is 4.91. The summed E-state index contributed by atoms with van der Waals surface area (Å²) in [6.07, 6.45) is 1.21. The molecule has 1 aliphatic rings. The lowest BCUT2D eigenvalue weighted by molar-refractivity contribution is -0.384. The van der Waals surface area contributed by atoms with Gasteiger partial charge in [0, 0.05) is 12.1 Å². The predicted molar refractivity (Wildman–Crippen MR) is 117 cm³/mol. The number of hydrogen-bond donors (Lipinski definition) is 2. The normalized spacial score (nSPS) is 14.8. The Labute approximate surface area is 194 Å². The second kappa shape index (κ2) is 9.48. The van der Waals surface area contributed by atoms with Gasteiger partial charge in [-0.2, -0.15) is 0 Å². The second-order valence-corrected chi connectivity index (χ2v) is 7.38. The van der Waals surface area contributed by atoms with Crippen LogP contribution in [0.5, 0.6) is 11.5 Å². The number of halogens is 1. The molecule has 2 aromatic rings. The summed E-state index contributed by atoms with van der Waals surface area (Å²) >= 11 is 3.26. The summed E-state index contributed by atoms with van der Waals surface area (Å²) in [6.45, 7) is -0.406. The Balaban J connectivity index is 2.01. The molecule has 0 atom stereocenters. The average molecular weight is 519 g/mol. The van der Waals surface area contributed by atoms with E-state index in [0.717, 1.165) is 6.07 Å². The smallest absolute Gasteiger partial charge is 0.335 e. The highest BCUT2D eigenvalue weighted by atomic mass is 79.9. The first-order valence-electron chi connectivity index (χ1n) is 9.07. The van der Waals surface area contributed by atoms with Crippen molar-refractivity contribution in [1.29, 1.82) is 0 Å². The molecule has 13 heteroatoms. The number of imide groups is 2. The molecule has 0 unspecified atom stereocenters. The number of methoxy groups -OCH3 is 1. The molecule has 170 valence electrons. The number of urea groups is 1. The maximum atomic E-state index is 13.0. The number of benzene rings is 2. The van der Waals surface area contributed by atoms with Gasteiger partial charge in [-0.05, 0) is 45.8 Å². The lowest BCUT2D eigenvalue weighted by Crippen LogP contribution is -2.54. The van der Waals surface area contributed by atoms with E-state index in [2.05, 4.69) is 15.9 Å². The van der Waals surface area contributed by atoms with Crippen LogP contribution in [0.3, 0.4) is 0 Å². The van der Waals surface area contributed by atoms with Crippen molar-refractivity contribution >= 4 is 57.1 Å². The van der Waals surface area contributed by atoms with Crippen molar-refractivity contribution in [2.24, 2.45) is 5.73 Å². The Morgan fingerprint density at radius 3 is 2.64 bits per heavy atom. The molecule has 33 heavy (non-hydrogen) atoms. The van der Waals surface area contributed by atoms with Gasteiger partial charge in [-0.15, -0.1) is 0 Å². The topological polar surface area (TPSA) is 171 Å². The van der Waals surface area contributed by atoms with Crippen LogP contribution < -0.4 is 25.4 Å². The minimum Gasteiger partial charge on any atom is -0.493 e. The van der Waals surface area contributed by atoms with Gasteiger partial charge in [0.15, 0.2) is 18.1 Å². The van der Waals surface area contributed by atoms with Crippen LogP contribution in [0.2, 0.25) is 0 Å². The van der Waals surface area contributed by atoms with Crippen LogP contribution in [0, 0.1) is 10.1 Å². The first-order valence-corrected chi connectivity index (χ1v) is 9.86. The summed E-state index contributed by atoms with van der Waals surface area (Å²) in [7, 11) is 1.34. The van der Waals surface area contributed by atoms with Crippen LogP contribution in [-0.2, 0) is 14.4 Å². The number of nitrogens with zero attached hydrogens (tertiary/aromatic N) is 2. The Hall–Kier alpha value is -4.26. The van der Waals surface area contributed by atoms with E-state index in [1.165, 1.54) is 43.5 Å². The summed E-state index contributed by atoms with van der Waals surface area (Å²) in [4.78, 5) is 59.7. The second-order valence-electron chi connectivity index (χ2n) is 6.52. The van der Waals surface area contributed by atoms with Crippen molar-refractivity contribution in [3.05, 3.63) is 62.1 Å². The van der Waals surface area contributed by atoms with Gasteiger partial charge in [0.1, 0.15) is 5.57 Å². The molecule has 0 bridgehead atoms.